The molecule has 0 unspecified atom stereocenters. The predicted molar refractivity (Wildman–Crippen MR) is 106 cm³/mol. The molecule has 26 heavy (non-hydrogen) atoms. The quantitative estimate of drug-likeness (QED) is 0.688. The second kappa shape index (κ2) is 6.69. The van der Waals surface area contributed by atoms with E-state index in [9.17, 15) is 8.42 Å². The predicted octanol–water partition coefficient (Wildman–Crippen LogP) is 3.52. The maximum Gasteiger partial charge on any atom is 0.226 e. The second-order valence-electron chi connectivity index (χ2n) is 6.24. The molecule has 0 bridgehead atoms. The molecule has 0 aliphatic carbocycles. The van der Waals surface area contributed by atoms with Crippen molar-refractivity contribution >= 4 is 61.0 Å². The number of H-pyrrole nitrogens is 1. The molecule has 3 aromatic rings. The average molecular weight is 431 g/mol. The van der Waals surface area contributed by atoms with Crippen LogP contribution in [-0.4, -0.2) is 56.7 Å². The van der Waals surface area contributed by atoms with Crippen LogP contribution < -0.4 is 4.90 Å². The Morgan fingerprint density at radius 2 is 1.88 bits per heavy atom. The highest BCUT2D eigenvalue weighted by molar-refractivity contribution is 7.92. The largest absolute Gasteiger partial charge is 0.369 e. The number of halogens is 2. The molecule has 0 amide bonds. The van der Waals surface area contributed by atoms with Crippen molar-refractivity contribution in [3.8, 4) is 0 Å². The molecule has 2 aromatic heterocycles. The molecule has 1 aromatic carbocycles. The van der Waals surface area contributed by atoms with E-state index < -0.39 is 9.84 Å². The number of nitrogens with one attached hydrogen (secondary N) is 1. The Morgan fingerprint density at radius 3 is 2.54 bits per heavy atom. The van der Waals surface area contributed by atoms with Gasteiger partial charge in [-0.25, -0.2) is 8.42 Å². The van der Waals surface area contributed by atoms with Crippen molar-refractivity contribution in [2.45, 2.75) is 9.92 Å². The minimum atomic E-state index is -3.84. The first kappa shape index (κ1) is 18.1. The standard InChI is InChI=1S/C16H16Cl2N4O2S2/c1-21-4-6-22(7-5-21)10-2-3-12-11(8-10)16(20-19-12)26(23,24)13-9-14(17)25-15(13)18/h2-3,8-9H,4-7H2,1H3,(H,19,20). The summed E-state index contributed by atoms with van der Waals surface area (Å²) >= 11 is 13.0. The molecule has 138 valence electrons. The van der Waals surface area contributed by atoms with Gasteiger partial charge in [0.2, 0.25) is 9.84 Å². The van der Waals surface area contributed by atoms with E-state index in [4.69, 9.17) is 23.2 Å². The lowest BCUT2D eigenvalue weighted by Crippen LogP contribution is -2.44. The van der Waals surface area contributed by atoms with Crippen LogP contribution in [0.4, 0.5) is 5.69 Å². The smallest absolute Gasteiger partial charge is 0.226 e. The molecule has 1 aliphatic heterocycles. The zero-order chi connectivity index (χ0) is 18.5. The number of anilines is 1. The van der Waals surface area contributed by atoms with Crippen LogP contribution in [0.1, 0.15) is 0 Å². The van der Waals surface area contributed by atoms with Gasteiger partial charge in [-0.3, -0.25) is 5.10 Å². The molecular weight excluding hydrogens is 415 g/mol. The van der Waals surface area contributed by atoms with Gasteiger partial charge in [-0.2, -0.15) is 5.10 Å². The molecule has 3 heterocycles. The van der Waals surface area contributed by atoms with E-state index in [2.05, 4.69) is 27.0 Å². The molecule has 1 fully saturated rings. The number of benzene rings is 1. The van der Waals surface area contributed by atoms with Gasteiger partial charge in [0.25, 0.3) is 0 Å². The summed E-state index contributed by atoms with van der Waals surface area (Å²) in [5.74, 6) is 0. The molecular formula is C16H16Cl2N4O2S2. The van der Waals surface area contributed by atoms with Gasteiger partial charge < -0.3 is 9.80 Å². The van der Waals surface area contributed by atoms with Crippen LogP contribution in [0.25, 0.3) is 10.9 Å². The van der Waals surface area contributed by atoms with Gasteiger partial charge in [0, 0.05) is 37.3 Å². The summed E-state index contributed by atoms with van der Waals surface area (Å²) < 4.78 is 26.6. The summed E-state index contributed by atoms with van der Waals surface area (Å²) in [5.41, 5.74) is 1.58. The first-order valence-corrected chi connectivity index (χ1v) is 11.0. The Hall–Kier alpha value is -1.32. The number of hydrogen-bond donors (Lipinski definition) is 1. The van der Waals surface area contributed by atoms with Gasteiger partial charge in [-0.1, -0.05) is 23.2 Å². The van der Waals surface area contributed by atoms with Crippen molar-refractivity contribution in [1.29, 1.82) is 0 Å². The van der Waals surface area contributed by atoms with Gasteiger partial charge in [-0.15, -0.1) is 11.3 Å². The summed E-state index contributed by atoms with van der Waals surface area (Å²) in [6.07, 6.45) is 0. The molecule has 0 spiro atoms. The van der Waals surface area contributed by atoms with Gasteiger partial charge >= 0.3 is 0 Å². The first-order valence-electron chi connectivity index (χ1n) is 7.98. The Balaban J connectivity index is 1.79. The number of fused-ring (bicyclic) bond motifs is 1. The number of hydrogen-bond acceptors (Lipinski definition) is 6. The number of aromatic nitrogens is 2. The molecule has 1 saturated heterocycles. The third-order valence-electron chi connectivity index (χ3n) is 4.55. The third-order valence-corrected chi connectivity index (χ3v) is 8.03. The van der Waals surface area contributed by atoms with Crippen LogP contribution in [0.3, 0.4) is 0 Å². The van der Waals surface area contributed by atoms with Crippen molar-refractivity contribution in [3.63, 3.8) is 0 Å². The number of thiophene rings is 1. The summed E-state index contributed by atoms with van der Waals surface area (Å²) in [4.78, 5) is 4.52. The number of sulfone groups is 1. The Bertz CT molecular complexity index is 1070. The lowest BCUT2D eigenvalue weighted by Gasteiger charge is -2.34. The molecule has 0 saturated carbocycles. The van der Waals surface area contributed by atoms with Crippen molar-refractivity contribution in [2.24, 2.45) is 0 Å². The zero-order valence-electron chi connectivity index (χ0n) is 13.9. The lowest BCUT2D eigenvalue weighted by molar-refractivity contribution is 0.313. The van der Waals surface area contributed by atoms with Gasteiger partial charge in [-0.05, 0) is 31.3 Å². The van der Waals surface area contributed by atoms with Crippen molar-refractivity contribution in [1.82, 2.24) is 15.1 Å². The van der Waals surface area contributed by atoms with Crippen LogP contribution >= 0.6 is 34.5 Å². The number of aromatic amines is 1. The summed E-state index contributed by atoms with van der Waals surface area (Å²) in [7, 11) is -1.74. The van der Waals surface area contributed by atoms with Gasteiger partial charge in [0.05, 0.1) is 9.85 Å². The van der Waals surface area contributed by atoms with Crippen LogP contribution in [0, 0.1) is 0 Å². The van der Waals surface area contributed by atoms with E-state index in [0.29, 0.717) is 15.2 Å². The fraction of sp³-hybridized carbons (Fsp3) is 0.312. The van der Waals surface area contributed by atoms with Crippen LogP contribution in [0.5, 0.6) is 0 Å². The number of likely N-dealkylation sites (N-methyl/N-ethyl adjacent to an activating group) is 1. The molecule has 10 heteroatoms. The maximum absolute atomic E-state index is 13.0. The summed E-state index contributed by atoms with van der Waals surface area (Å²) in [6, 6.07) is 7.06. The zero-order valence-corrected chi connectivity index (χ0v) is 17.0. The van der Waals surface area contributed by atoms with Crippen LogP contribution in [-0.2, 0) is 9.84 Å². The highest BCUT2D eigenvalue weighted by atomic mass is 35.5. The Kier molecular flexibility index (Phi) is 4.65. The molecule has 4 rings (SSSR count). The van der Waals surface area contributed by atoms with Crippen molar-refractivity contribution < 1.29 is 8.42 Å². The van der Waals surface area contributed by atoms with Crippen molar-refractivity contribution in [3.05, 3.63) is 32.9 Å². The molecule has 0 radical (unpaired) electrons. The van der Waals surface area contributed by atoms with Crippen molar-refractivity contribution in [2.75, 3.05) is 38.1 Å². The molecule has 1 N–H and O–H groups in total. The van der Waals surface area contributed by atoms with E-state index >= 15 is 0 Å². The molecule has 6 nitrogen and oxygen atoms in total. The third kappa shape index (κ3) is 3.10. The van der Waals surface area contributed by atoms with E-state index in [-0.39, 0.29) is 14.3 Å². The number of rotatable bonds is 3. The topological polar surface area (TPSA) is 69.3 Å². The number of nitrogens with zero attached hydrogens (tertiary/aromatic N) is 3. The normalized spacial score (nSPS) is 16.5. The van der Waals surface area contributed by atoms with E-state index in [0.717, 1.165) is 43.2 Å². The monoisotopic (exact) mass is 430 g/mol. The van der Waals surface area contributed by atoms with E-state index in [1.54, 1.807) is 0 Å². The molecule has 1 aliphatic rings. The van der Waals surface area contributed by atoms with Gasteiger partial charge in [0.15, 0.2) is 5.03 Å². The minimum Gasteiger partial charge on any atom is -0.369 e. The van der Waals surface area contributed by atoms with E-state index in [1.165, 1.54) is 6.07 Å². The fourth-order valence-corrected chi connectivity index (χ4v) is 6.55. The SMILES string of the molecule is CN1CCN(c2ccc3n[nH]c(S(=O)(=O)c4cc(Cl)sc4Cl)c3c2)CC1. The highest BCUT2D eigenvalue weighted by Gasteiger charge is 2.28. The Labute approximate surface area is 165 Å². The maximum atomic E-state index is 13.0. The first-order chi connectivity index (χ1) is 12.4. The second-order valence-corrected chi connectivity index (χ2v) is 10.4. The molecule has 0 atom stereocenters. The average Bonchev–Trinajstić information content (AvgIpc) is 3.18. The number of piperazine rings is 1. The highest BCUT2D eigenvalue weighted by Crippen LogP contribution is 2.38. The summed E-state index contributed by atoms with van der Waals surface area (Å²) in [6.45, 7) is 3.73. The lowest BCUT2D eigenvalue weighted by atomic mass is 10.2. The Morgan fingerprint density at radius 1 is 1.15 bits per heavy atom. The van der Waals surface area contributed by atoms with Crippen LogP contribution in [0.15, 0.2) is 34.2 Å². The minimum absolute atomic E-state index is 0.00437. The van der Waals surface area contributed by atoms with E-state index in [1.807, 2.05) is 18.2 Å². The van der Waals surface area contributed by atoms with Crippen LogP contribution in [0.2, 0.25) is 8.67 Å². The fourth-order valence-electron chi connectivity index (χ4n) is 3.06. The summed E-state index contributed by atoms with van der Waals surface area (Å²) in [5, 5.41) is 7.40. The van der Waals surface area contributed by atoms with Gasteiger partial charge in [0.1, 0.15) is 9.23 Å².